The monoisotopic (exact) mass is 382 g/mol. The van der Waals surface area contributed by atoms with Gasteiger partial charge in [0.1, 0.15) is 19.0 Å². The molecule has 150 valence electrons. The molecule has 0 saturated heterocycles. The molecule has 2 rings (SSSR count). The topological polar surface area (TPSA) is 55.8 Å². The standard InChI is InChI=1S/C24H30O4/c1-5-19-15-18(4)8-11-22(19)21-10-9-20(7-6-12-25)23(16-21)27-13-14-28-24(26)17(2)3/h8-11,15-16,25H,2,5-7,12-14H2,1,3-4H3. The summed E-state index contributed by atoms with van der Waals surface area (Å²) in [6, 6.07) is 12.7. The molecule has 0 bridgehead atoms. The maximum Gasteiger partial charge on any atom is 0.333 e. The van der Waals surface area contributed by atoms with Crippen LogP contribution < -0.4 is 4.74 Å². The maximum absolute atomic E-state index is 11.5. The molecule has 28 heavy (non-hydrogen) atoms. The van der Waals surface area contributed by atoms with Crippen molar-refractivity contribution in [3.05, 3.63) is 65.2 Å². The van der Waals surface area contributed by atoms with Gasteiger partial charge in [0.15, 0.2) is 0 Å². The minimum atomic E-state index is -0.412. The molecule has 0 amide bonds. The van der Waals surface area contributed by atoms with E-state index in [1.165, 1.54) is 16.7 Å². The molecule has 2 aromatic rings. The van der Waals surface area contributed by atoms with Gasteiger partial charge < -0.3 is 14.6 Å². The number of carbonyl (C=O) groups is 1. The van der Waals surface area contributed by atoms with Gasteiger partial charge in [-0.2, -0.15) is 0 Å². The van der Waals surface area contributed by atoms with E-state index in [-0.39, 0.29) is 19.8 Å². The van der Waals surface area contributed by atoms with Crippen LogP contribution in [0, 0.1) is 6.92 Å². The van der Waals surface area contributed by atoms with Crippen LogP contribution in [0.5, 0.6) is 5.75 Å². The van der Waals surface area contributed by atoms with E-state index >= 15 is 0 Å². The fourth-order valence-corrected chi connectivity index (χ4v) is 3.04. The molecule has 1 N–H and O–H groups in total. The lowest BCUT2D eigenvalue weighted by Crippen LogP contribution is -2.13. The number of hydrogen-bond donors (Lipinski definition) is 1. The molecule has 0 saturated carbocycles. The van der Waals surface area contributed by atoms with Crippen LogP contribution in [0.1, 0.15) is 37.0 Å². The fourth-order valence-electron chi connectivity index (χ4n) is 3.04. The minimum absolute atomic E-state index is 0.134. The Bertz CT molecular complexity index is 823. The molecule has 2 aromatic carbocycles. The molecule has 0 spiro atoms. The highest BCUT2D eigenvalue weighted by Gasteiger charge is 2.10. The Kier molecular flexibility index (Phi) is 8.27. The molecule has 0 unspecified atom stereocenters. The minimum Gasteiger partial charge on any atom is -0.490 e. The number of hydrogen-bond acceptors (Lipinski definition) is 4. The Morgan fingerprint density at radius 2 is 1.89 bits per heavy atom. The second-order valence-electron chi connectivity index (χ2n) is 6.93. The lowest BCUT2D eigenvalue weighted by Gasteiger charge is -2.15. The molecule has 4 nitrogen and oxygen atoms in total. The molecule has 0 aliphatic carbocycles. The predicted octanol–water partition coefficient (Wildman–Crippen LogP) is 4.65. The molecule has 0 fully saturated rings. The second kappa shape index (κ2) is 10.7. The summed E-state index contributed by atoms with van der Waals surface area (Å²) in [6.07, 6.45) is 2.35. The van der Waals surface area contributed by atoms with Crippen molar-refractivity contribution in [1.82, 2.24) is 0 Å². The first-order valence-corrected chi connectivity index (χ1v) is 9.75. The normalized spacial score (nSPS) is 10.6. The third-order valence-electron chi connectivity index (χ3n) is 4.55. The number of esters is 1. The largest absolute Gasteiger partial charge is 0.490 e. The van der Waals surface area contributed by atoms with Crippen molar-refractivity contribution < 1.29 is 19.4 Å². The summed E-state index contributed by atoms with van der Waals surface area (Å²) >= 11 is 0. The SMILES string of the molecule is C=C(C)C(=O)OCCOc1cc(-c2ccc(C)cc2CC)ccc1CCCO. The van der Waals surface area contributed by atoms with E-state index in [1.54, 1.807) is 6.92 Å². The van der Waals surface area contributed by atoms with Crippen molar-refractivity contribution in [2.24, 2.45) is 0 Å². The van der Waals surface area contributed by atoms with Crippen LogP contribution in [-0.4, -0.2) is 30.9 Å². The number of aryl methyl sites for hydroxylation is 3. The smallest absolute Gasteiger partial charge is 0.333 e. The first-order chi connectivity index (χ1) is 13.5. The van der Waals surface area contributed by atoms with Crippen LogP contribution >= 0.6 is 0 Å². The van der Waals surface area contributed by atoms with Crippen LogP contribution in [-0.2, 0) is 22.4 Å². The van der Waals surface area contributed by atoms with Gasteiger partial charge in [-0.15, -0.1) is 0 Å². The van der Waals surface area contributed by atoms with Crippen LogP contribution in [0.4, 0.5) is 0 Å². The summed E-state index contributed by atoms with van der Waals surface area (Å²) in [6.45, 7) is 10.0. The molecule has 0 atom stereocenters. The summed E-state index contributed by atoms with van der Waals surface area (Å²) in [5.74, 6) is 0.352. The molecule has 4 heteroatoms. The van der Waals surface area contributed by atoms with Crippen molar-refractivity contribution in [2.45, 2.75) is 40.0 Å². The molecular formula is C24H30O4. The second-order valence-corrected chi connectivity index (χ2v) is 6.93. The molecule has 0 aliphatic heterocycles. The number of carbonyl (C=O) groups excluding carboxylic acids is 1. The Morgan fingerprint density at radius 1 is 1.11 bits per heavy atom. The zero-order valence-electron chi connectivity index (χ0n) is 17.1. The average molecular weight is 383 g/mol. The average Bonchev–Trinajstić information content (AvgIpc) is 2.69. The van der Waals surface area contributed by atoms with Crippen LogP contribution in [0.15, 0.2) is 48.6 Å². The van der Waals surface area contributed by atoms with Gasteiger partial charge in [0.05, 0.1) is 0 Å². The Labute approximate surface area is 167 Å². The number of ether oxygens (including phenoxy) is 2. The zero-order valence-corrected chi connectivity index (χ0v) is 17.1. The Hall–Kier alpha value is -2.59. The van der Waals surface area contributed by atoms with Gasteiger partial charge in [-0.1, -0.05) is 49.4 Å². The number of aliphatic hydroxyl groups excluding tert-OH is 1. The lowest BCUT2D eigenvalue weighted by atomic mass is 9.94. The van der Waals surface area contributed by atoms with Crippen LogP contribution in [0.3, 0.4) is 0 Å². The van der Waals surface area contributed by atoms with Gasteiger partial charge in [0, 0.05) is 12.2 Å². The van der Waals surface area contributed by atoms with Gasteiger partial charge in [0.25, 0.3) is 0 Å². The van der Waals surface area contributed by atoms with Crippen molar-refractivity contribution >= 4 is 5.97 Å². The van der Waals surface area contributed by atoms with Gasteiger partial charge >= 0.3 is 5.97 Å². The summed E-state index contributed by atoms with van der Waals surface area (Å²) in [4.78, 5) is 11.5. The van der Waals surface area contributed by atoms with E-state index in [4.69, 9.17) is 14.6 Å². The van der Waals surface area contributed by atoms with E-state index in [2.05, 4.69) is 50.8 Å². The van der Waals surface area contributed by atoms with Crippen molar-refractivity contribution in [3.8, 4) is 16.9 Å². The highest BCUT2D eigenvalue weighted by atomic mass is 16.6. The Balaban J connectivity index is 2.22. The van der Waals surface area contributed by atoms with E-state index in [1.807, 2.05) is 6.07 Å². The van der Waals surface area contributed by atoms with E-state index in [0.29, 0.717) is 12.0 Å². The first kappa shape index (κ1) is 21.7. The molecular weight excluding hydrogens is 352 g/mol. The van der Waals surface area contributed by atoms with Crippen LogP contribution in [0.2, 0.25) is 0 Å². The molecule has 0 aliphatic rings. The zero-order chi connectivity index (χ0) is 20.5. The first-order valence-electron chi connectivity index (χ1n) is 9.75. The van der Waals surface area contributed by atoms with Gasteiger partial charge in [0.2, 0.25) is 0 Å². The van der Waals surface area contributed by atoms with Crippen molar-refractivity contribution in [1.29, 1.82) is 0 Å². The predicted molar refractivity (Wildman–Crippen MR) is 113 cm³/mol. The quantitative estimate of drug-likeness (QED) is 0.369. The maximum atomic E-state index is 11.5. The number of benzene rings is 2. The summed E-state index contributed by atoms with van der Waals surface area (Å²) in [5, 5.41) is 9.17. The summed E-state index contributed by atoms with van der Waals surface area (Å²) in [7, 11) is 0. The molecule has 0 heterocycles. The highest BCUT2D eigenvalue weighted by Crippen LogP contribution is 2.31. The van der Waals surface area contributed by atoms with Crippen LogP contribution in [0.25, 0.3) is 11.1 Å². The van der Waals surface area contributed by atoms with Gasteiger partial charge in [-0.3, -0.25) is 0 Å². The fraction of sp³-hybridized carbons (Fsp3) is 0.375. The van der Waals surface area contributed by atoms with E-state index < -0.39 is 5.97 Å². The third-order valence-corrected chi connectivity index (χ3v) is 4.55. The lowest BCUT2D eigenvalue weighted by molar-refractivity contribution is -0.139. The molecule has 0 radical (unpaired) electrons. The number of aliphatic hydroxyl groups is 1. The third kappa shape index (κ3) is 5.96. The van der Waals surface area contributed by atoms with E-state index in [9.17, 15) is 4.79 Å². The van der Waals surface area contributed by atoms with E-state index in [0.717, 1.165) is 29.7 Å². The van der Waals surface area contributed by atoms with Gasteiger partial charge in [-0.25, -0.2) is 4.79 Å². The van der Waals surface area contributed by atoms with Crippen molar-refractivity contribution in [3.63, 3.8) is 0 Å². The molecule has 0 aromatic heterocycles. The summed E-state index contributed by atoms with van der Waals surface area (Å²) < 4.78 is 11.0. The highest BCUT2D eigenvalue weighted by molar-refractivity contribution is 5.86. The van der Waals surface area contributed by atoms with Crippen molar-refractivity contribution in [2.75, 3.05) is 19.8 Å². The van der Waals surface area contributed by atoms with Gasteiger partial charge in [-0.05, 0) is 61.4 Å². The Morgan fingerprint density at radius 3 is 2.57 bits per heavy atom. The summed E-state index contributed by atoms with van der Waals surface area (Å²) in [5.41, 5.74) is 6.24. The number of rotatable bonds is 10.